The van der Waals surface area contributed by atoms with Crippen LogP contribution in [-0.4, -0.2) is 39.6 Å². The Morgan fingerprint density at radius 3 is 2.53 bits per heavy atom. The van der Waals surface area contributed by atoms with E-state index >= 15 is 0 Å². The van der Waals surface area contributed by atoms with Crippen LogP contribution in [0.15, 0.2) is 24.3 Å². The summed E-state index contributed by atoms with van der Waals surface area (Å²) in [6.45, 7) is 5.89. The summed E-state index contributed by atoms with van der Waals surface area (Å²) in [7, 11) is 0. The first kappa shape index (κ1) is 16.0. The van der Waals surface area contributed by atoms with Crippen LogP contribution < -0.4 is 10.5 Å². The molecule has 19 heavy (non-hydrogen) atoms. The Kier molecular flexibility index (Phi) is 9.06. The molecule has 108 valence electrons. The fourth-order valence-corrected chi connectivity index (χ4v) is 1.61. The van der Waals surface area contributed by atoms with Gasteiger partial charge in [0, 0.05) is 19.6 Å². The fraction of sp³-hybridized carbons (Fsp3) is 0.600. The topological polar surface area (TPSA) is 53.7 Å². The predicted molar refractivity (Wildman–Crippen MR) is 76.6 cm³/mol. The number of benzene rings is 1. The molecular formula is C15H25NO3. The van der Waals surface area contributed by atoms with E-state index < -0.39 is 0 Å². The quantitative estimate of drug-likeness (QED) is 0.623. The maximum Gasteiger partial charge on any atom is 0.119 e. The average molecular weight is 267 g/mol. The van der Waals surface area contributed by atoms with Gasteiger partial charge >= 0.3 is 0 Å². The van der Waals surface area contributed by atoms with Crippen LogP contribution in [0, 0.1) is 0 Å². The van der Waals surface area contributed by atoms with E-state index in [0.29, 0.717) is 39.6 Å². The molecule has 0 spiro atoms. The Morgan fingerprint density at radius 1 is 1.00 bits per heavy atom. The summed E-state index contributed by atoms with van der Waals surface area (Å²) in [6, 6.07) is 8.21. The summed E-state index contributed by atoms with van der Waals surface area (Å²) < 4.78 is 16.3. The standard InChI is InChI=1S/C15H25NO3/c1-2-14-5-3-6-15(13-14)19-9-4-8-17-11-12-18-10-7-16/h3,5-6,13H,2,4,7-12,16H2,1H3. The zero-order valence-corrected chi connectivity index (χ0v) is 11.8. The van der Waals surface area contributed by atoms with E-state index in [0.717, 1.165) is 18.6 Å². The predicted octanol–water partition coefficient (Wildman–Crippen LogP) is 2.01. The van der Waals surface area contributed by atoms with Crippen molar-refractivity contribution in [1.29, 1.82) is 0 Å². The maximum absolute atomic E-state index is 5.67. The van der Waals surface area contributed by atoms with Crippen LogP contribution in [0.25, 0.3) is 0 Å². The van der Waals surface area contributed by atoms with E-state index in [1.54, 1.807) is 0 Å². The molecule has 1 aromatic carbocycles. The minimum Gasteiger partial charge on any atom is -0.493 e. The highest BCUT2D eigenvalue weighted by Gasteiger charge is 1.96. The molecule has 1 aromatic rings. The molecule has 0 aliphatic rings. The van der Waals surface area contributed by atoms with Gasteiger partial charge in [0.25, 0.3) is 0 Å². The highest BCUT2D eigenvalue weighted by atomic mass is 16.5. The van der Waals surface area contributed by atoms with Gasteiger partial charge in [-0.1, -0.05) is 19.1 Å². The molecule has 1 rings (SSSR count). The molecule has 0 atom stereocenters. The molecular weight excluding hydrogens is 242 g/mol. The van der Waals surface area contributed by atoms with Crippen molar-refractivity contribution in [2.45, 2.75) is 19.8 Å². The van der Waals surface area contributed by atoms with Crippen molar-refractivity contribution in [2.24, 2.45) is 5.73 Å². The molecule has 4 heteroatoms. The second-order valence-corrected chi connectivity index (χ2v) is 4.22. The summed E-state index contributed by atoms with van der Waals surface area (Å²) in [6.07, 6.45) is 1.91. The smallest absolute Gasteiger partial charge is 0.119 e. The van der Waals surface area contributed by atoms with E-state index in [9.17, 15) is 0 Å². The highest BCUT2D eigenvalue weighted by Crippen LogP contribution is 2.13. The zero-order valence-electron chi connectivity index (χ0n) is 11.8. The summed E-state index contributed by atoms with van der Waals surface area (Å²) in [4.78, 5) is 0. The van der Waals surface area contributed by atoms with Crippen molar-refractivity contribution in [3.05, 3.63) is 29.8 Å². The summed E-state index contributed by atoms with van der Waals surface area (Å²) in [5.74, 6) is 0.936. The largest absolute Gasteiger partial charge is 0.493 e. The lowest BCUT2D eigenvalue weighted by atomic mass is 10.2. The number of ether oxygens (including phenoxy) is 3. The van der Waals surface area contributed by atoms with Crippen LogP contribution in [0.1, 0.15) is 18.9 Å². The Bertz CT molecular complexity index is 331. The Morgan fingerprint density at radius 2 is 1.79 bits per heavy atom. The minimum absolute atomic E-state index is 0.560. The number of nitrogens with two attached hydrogens (primary N) is 1. The molecule has 0 saturated heterocycles. The van der Waals surface area contributed by atoms with Gasteiger partial charge in [-0.15, -0.1) is 0 Å². The van der Waals surface area contributed by atoms with Gasteiger partial charge in [0.1, 0.15) is 5.75 Å². The van der Waals surface area contributed by atoms with Gasteiger partial charge in [-0.3, -0.25) is 0 Å². The van der Waals surface area contributed by atoms with Gasteiger partial charge in [0.2, 0.25) is 0 Å². The molecule has 0 unspecified atom stereocenters. The number of hydrogen-bond acceptors (Lipinski definition) is 4. The zero-order chi connectivity index (χ0) is 13.8. The normalized spacial score (nSPS) is 10.6. The third-order valence-electron chi connectivity index (χ3n) is 2.64. The molecule has 0 amide bonds. The van der Waals surface area contributed by atoms with Gasteiger partial charge in [-0.05, 0) is 24.1 Å². The lowest BCUT2D eigenvalue weighted by Crippen LogP contribution is -2.12. The minimum atomic E-state index is 0.560. The van der Waals surface area contributed by atoms with E-state index in [-0.39, 0.29) is 0 Å². The van der Waals surface area contributed by atoms with Gasteiger partial charge in [-0.25, -0.2) is 0 Å². The van der Waals surface area contributed by atoms with Crippen LogP contribution in [0.2, 0.25) is 0 Å². The van der Waals surface area contributed by atoms with Crippen molar-refractivity contribution in [1.82, 2.24) is 0 Å². The molecule has 0 saturated carbocycles. The Hall–Kier alpha value is -1.10. The number of aryl methyl sites for hydroxylation is 1. The van der Waals surface area contributed by atoms with Crippen molar-refractivity contribution in [2.75, 3.05) is 39.6 Å². The Balaban J connectivity index is 1.98. The first-order valence-electron chi connectivity index (χ1n) is 6.94. The van der Waals surface area contributed by atoms with E-state index in [4.69, 9.17) is 19.9 Å². The average Bonchev–Trinajstić information content (AvgIpc) is 2.46. The number of hydrogen-bond donors (Lipinski definition) is 1. The van der Waals surface area contributed by atoms with Crippen LogP contribution in [0.4, 0.5) is 0 Å². The fourth-order valence-electron chi connectivity index (χ4n) is 1.61. The summed E-state index contributed by atoms with van der Waals surface area (Å²) >= 11 is 0. The first-order chi connectivity index (χ1) is 9.36. The summed E-state index contributed by atoms with van der Waals surface area (Å²) in [5, 5.41) is 0. The van der Waals surface area contributed by atoms with Crippen LogP contribution in [0.3, 0.4) is 0 Å². The molecule has 0 aromatic heterocycles. The molecule has 2 N–H and O–H groups in total. The second-order valence-electron chi connectivity index (χ2n) is 4.22. The molecule has 0 aliphatic carbocycles. The molecule has 0 bridgehead atoms. The van der Waals surface area contributed by atoms with Crippen molar-refractivity contribution >= 4 is 0 Å². The van der Waals surface area contributed by atoms with E-state index in [1.807, 2.05) is 12.1 Å². The lowest BCUT2D eigenvalue weighted by molar-refractivity contribution is 0.0463. The first-order valence-corrected chi connectivity index (χ1v) is 6.94. The van der Waals surface area contributed by atoms with Crippen molar-refractivity contribution in [3.8, 4) is 5.75 Å². The Labute approximate surface area is 115 Å². The third-order valence-corrected chi connectivity index (χ3v) is 2.64. The maximum atomic E-state index is 5.67. The monoisotopic (exact) mass is 267 g/mol. The van der Waals surface area contributed by atoms with Crippen molar-refractivity contribution < 1.29 is 14.2 Å². The highest BCUT2D eigenvalue weighted by molar-refractivity contribution is 5.28. The molecule has 4 nitrogen and oxygen atoms in total. The SMILES string of the molecule is CCc1cccc(OCCCOCCOCCN)c1. The van der Waals surface area contributed by atoms with Crippen LogP contribution in [-0.2, 0) is 15.9 Å². The van der Waals surface area contributed by atoms with Crippen molar-refractivity contribution in [3.63, 3.8) is 0 Å². The van der Waals surface area contributed by atoms with Gasteiger partial charge in [0.05, 0.1) is 26.4 Å². The number of rotatable bonds is 11. The lowest BCUT2D eigenvalue weighted by Gasteiger charge is -2.08. The molecule has 0 fully saturated rings. The molecule has 0 aliphatic heterocycles. The second kappa shape index (κ2) is 10.8. The molecule has 0 radical (unpaired) electrons. The van der Waals surface area contributed by atoms with E-state index in [2.05, 4.69) is 19.1 Å². The van der Waals surface area contributed by atoms with E-state index in [1.165, 1.54) is 5.56 Å². The van der Waals surface area contributed by atoms with Gasteiger partial charge < -0.3 is 19.9 Å². The molecule has 0 heterocycles. The van der Waals surface area contributed by atoms with Gasteiger partial charge in [0.15, 0.2) is 0 Å². The van der Waals surface area contributed by atoms with Crippen LogP contribution in [0.5, 0.6) is 5.75 Å². The third kappa shape index (κ3) is 7.82. The van der Waals surface area contributed by atoms with Gasteiger partial charge in [-0.2, -0.15) is 0 Å². The van der Waals surface area contributed by atoms with Crippen LogP contribution >= 0.6 is 0 Å². The summed E-state index contributed by atoms with van der Waals surface area (Å²) in [5.41, 5.74) is 6.60.